The van der Waals surface area contributed by atoms with Crippen molar-refractivity contribution in [3.63, 3.8) is 0 Å². The third-order valence-corrected chi connectivity index (χ3v) is 1.89. The van der Waals surface area contributed by atoms with Gasteiger partial charge in [-0.1, -0.05) is 0 Å². The van der Waals surface area contributed by atoms with Crippen LogP contribution in [0.3, 0.4) is 0 Å². The summed E-state index contributed by atoms with van der Waals surface area (Å²) in [6.07, 6.45) is 0. The zero-order valence-corrected chi connectivity index (χ0v) is 5.39. The molecule has 0 radical (unpaired) electrons. The van der Waals surface area contributed by atoms with Crippen molar-refractivity contribution in [2.24, 2.45) is 0 Å². The van der Waals surface area contributed by atoms with Crippen molar-refractivity contribution in [3.05, 3.63) is 0 Å². The number of nitrogens with one attached hydrogen (secondary N) is 2. The quantitative estimate of drug-likeness (QED) is 0.436. The van der Waals surface area contributed by atoms with Gasteiger partial charge in [0.2, 0.25) is 0 Å². The van der Waals surface area contributed by atoms with Crippen LogP contribution in [0, 0.1) is 0 Å². The highest BCUT2D eigenvalue weighted by atomic mass is 16.5. The monoisotopic (exact) mass is 128 g/mol. The van der Waals surface area contributed by atoms with Crippen molar-refractivity contribution >= 4 is 0 Å². The summed E-state index contributed by atoms with van der Waals surface area (Å²) in [5, 5.41) is 6.81. The van der Waals surface area contributed by atoms with E-state index in [1.54, 1.807) is 0 Å². The van der Waals surface area contributed by atoms with Crippen molar-refractivity contribution in [2.45, 2.75) is 12.1 Å². The summed E-state index contributed by atoms with van der Waals surface area (Å²) in [6, 6.07) is 1.13. The normalized spacial score (nSPS) is 42.7. The molecule has 2 atom stereocenters. The fourth-order valence-electron chi connectivity index (χ4n) is 1.45. The van der Waals surface area contributed by atoms with Gasteiger partial charge in [-0.25, -0.2) is 0 Å². The predicted molar refractivity (Wildman–Crippen MR) is 34.4 cm³/mol. The van der Waals surface area contributed by atoms with Crippen LogP contribution in [0.2, 0.25) is 0 Å². The molecule has 3 nitrogen and oxygen atoms in total. The first-order valence-electron chi connectivity index (χ1n) is 3.49. The Labute approximate surface area is 54.8 Å². The Balaban J connectivity index is 1.96. The number of hydrogen-bond donors (Lipinski definition) is 2. The van der Waals surface area contributed by atoms with Crippen molar-refractivity contribution < 1.29 is 4.74 Å². The lowest BCUT2D eigenvalue weighted by Gasteiger charge is -2.36. The first-order valence-corrected chi connectivity index (χ1v) is 3.49. The Morgan fingerprint density at radius 3 is 2.33 bits per heavy atom. The van der Waals surface area contributed by atoms with Crippen molar-refractivity contribution in [1.29, 1.82) is 0 Å². The van der Waals surface area contributed by atoms with E-state index in [1.165, 1.54) is 0 Å². The molecular weight excluding hydrogens is 116 g/mol. The van der Waals surface area contributed by atoms with E-state index in [2.05, 4.69) is 10.6 Å². The Morgan fingerprint density at radius 2 is 1.78 bits per heavy atom. The SMILES string of the molecule is C1NC[C@H]2COC[C@@H]1N2. The second-order valence-electron chi connectivity index (χ2n) is 2.76. The molecule has 2 rings (SSSR count). The number of ether oxygens (including phenoxy) is 1. The second-order valence-corrected chi connectivity index (χ2v) is 2.76. The third-order valence-electron chi connectivity index (χ3n) is 1.89. The highest BCUT2D eigenvalue weighted by molar-refractivity contribution is 4.86. The summed E-state index contributed by atoms with van der Waals surface area (Å²) in [5.41, 5.74) is 0. The van der Waals surface area contributed by atoms with Gasteiger partial charge in [0, 0.05) is 25.2 Å². The maximum absolute atomic E-state index is 5.33. The maximum Gasteiger partial charge on any atom is 0.0632 e. The highest BCUT2D eigenvalue weighted by Gasteiger charge is 2.24. The smallest absolute Gasteiger partial charge is 0.0632 e. The van der Waals surface area contributed by atoms with Gasteiger partial charge in [-0.2, -0.15) is 0 Å². The molecule has 0 amide bonds. The molecule has 2 N–H and O–H groups in total. The standard InChI is InChI=1S/C6H12N2O/c1-5-3-9-4-6(8-5)2-7-1/h5-8H,1-4H2/t5-,6+. The number of piperazine rings is 1. The van der Waals surface area contributed by atoms with Crippen LogP contribution in [0.15, 0.2) is 0 Å². The van der Waals surface area contributed by atoms with Gasteiger partial charge in [-0.3, -0.25) is 0 Å². The van der Waals surface area contributed by atoms with Crippen LogP contribution in [0.4, 0.5) is 0 Å². The molecule has 2 aliphatic heterocycles. The van der Waals surface area contributed by atoms with Gasteiger partial charge in [0.1, 0.15) is 0 Å². The molecule has 0 aromatic heterocycles. The minimum Gasteiger partial charge on any atom is -0.378 e. The van der Waals surface area contributed by atoms with Crippen LogP contribution in [0.1, 0.15) is 0 Å². The van der Waals surface area contributed by atoms with Crippen LogP contribution in [0.25, 0.3) is 0 Å². The van der Waals surface area contributed by atoms with Crippen LogP contribution < -0.4 is 10.6 Å². The summed E-state index contributed by atoms with van der Waals surface area (Å²) in [5.74, 6) is 0. The third kappa shape index (κ3) is 1.08. The van der Waals surface area contributed by atoms with Gasteiger partial charge in [-0.15, -0.1) is 0 Å². The average Bonchev–Trinajstić information content (AvgIpc) is 1.88. The minimum absolute atomic E-state index is 0.567. The minimum atomic E-state index is 0.567. The maximum atomic E-state index is 5.33. The molecule has 2 bridgehead atoms. The van der Waals surface area contributed by atoms with E-state index in [0.29, 0.717) is 12.1 Å². The number of morpholine rings is 1. The second kappa shape index (κ2) is 2.25. The van der Waals surface area contributed by atoms with E-state index in [-0.39, 0.29) is 0 Å². The summed E-state index contributed by atoms with van der Waals surface area (Å²) in [6.45, 7) is 3.89. The molecule has 2 aliphatic rings. The van der Waals surface area contributed by atoms with Crippen molar-refractivity contribution in [2.75, 3.05) is 26.3 Å². The highest BCUT2D eigenvalue weighted by Crippen LogP contribution is 2.01. The van der Waals surface area contributed by atoms with Crippen LogP contribution in [0.5, 0.6) is 0 Å². The van der Waals surface area contributed by atoms with E-state index in [1.807, 2.05) is 0 Å². The van der Waals surface area contributed by atoms with Gasteiger partial charge in [-0.05, 0) is 0 Å². The van der Waals surface area contributed by atoms with Gasteiger partial charge in [0.05, 0.1) is 13.2 Å². The van der Waals surface area contributed by atoms with Crippen LogP contribution in [-0.2, 0) is 4.74 Å². The van der Waals surface area contributed by atoms with Crippen LogP contribution in [-0.4, -0.2) is 38.4 Å². The lowest BCUT2D eigenvalue weighted by molar-refractivity contribution is 0.0310. The summed E-state index contributed by atoms with van der Waals surface area (Å²) in [4.78, 5) is 0. The summed E-state index contributed by atoms with van der Waals surface area (Å²) >= 11 is 0. The Morgan fingerprint density at radius 1 is 1.11 bits per heavy atom. The topological polar surface area (TPSA) is 33.3 Å². The van der Waals surface area contributed by atoms with Gasteiger partial charge in [0.25, 0.3) is 0 Å². The van der Waals surface area contributed by atoms with Gasteiger partial charge in [0.15, 0.2) is 0 Å². The number of fused-ring (bicyclic) bond motifs is 2. The van der Waals surface area contributed by atoms with Gasteiger partial charge >= 0.3 is 0 Å². The molecule has 0 aliphatic carbocycles. The molecule has 2 fully saturated rings. The zero-order chi connectivity index (χ0) is 6.10. The van der Waals surface area contributed by atoms with E-state index < -0.39 is 0 Å². The molecule has 0 unspecified atom stereocenters. The first-order chi connectivity index (χ1) is 4.45. The molecule has 2 heterocycles. The van der Waals surface area contributed by atoms with Crippen molar-refractivity contribution in [3.8, 4) is 0 Å². The first kappa shape index (κ1) is 5.65. The zero-order valence-electron chi connectivity index (χ0n) is 5.39. The fraction of sp³-hybridized carbons (Fsp3) is 1.00. The van der Waals surface area contributed by atoms with E-state index in [0.717, 1.165) is 26.3 Å². The molecule has 0 aromatic rings. The van der Waals surface area contributed by atoms with Crippen molar-refractivity contribution in [1.82, 2.24) is 10.6 Å². The molecule has 9 heavy (non-hydrogen) atoms. The molecule has 2 saturated heterocycles. The Hall–Kier alpha value is -0.120. The lowest BCUT2D eigenvalue weighted by Crippen LogP contribution is -2.61. The number of hydrogen-bond acceptors (Lipinski definition) is 3. The molecule has 0 aromatic carbocycles. The van der Waals surface area contributed by atoms with E-state index in [9.17, 15) is 0 Å². The lowest BCUT2D eigenvalue weighted by atomic mass is 10.1. The molecule has 52 valence electrons. The predicted octanol–water partition coefficient (Wildman–Crippen LogP) is -1.05. The van der Waals surface area contributed by atoms with E-state index in [4.69, 9.17) is 4.74 Å². The summed E-state index contributed by atoms with van der Waals surface area (Å²) in [7, 11) is 0. The Kier molecular flexibility index (Phi) is 1.41. The molecule has 0 spiro atoms. The molecular formula is C6H12N2O. The molecule has 3 heteroatoms. The van der Waals surface area contributed by atoms with Crippen LogP contribution >= 0.6 is 0 Å². The summed E-state index contributed by atoms with van der Waals surface area (Å²) < 4.78 is 5.33. The van der Waals surface area contributed by atoms with E-state index >= 15 is 0 Å². The molecule has 0 saturated carbocycles. The average molecular weight is 128 g/mol. The van der Waals surface area contributed by atoms with Gasteiger partial charge < -0.3 is 15.4 Å². The number of rotatable bonds is 0. The Bertz CT molecular complexity index is 87.2. The largest absolute Gasteiger partial charge is 0.378 e. The fourth-order valence-corrected chi connectivity index (χ4v) is 1.45.